The van der Waals surface area contributed by atoms with Crippen LogP contribution in [0.2, 0.25) is 0 Å². The fourth-order valence-corrected chi connectivity index (χ4v) is 4.65. The van der Waals surface area contributed by atoms with E-state index in [2.05, 4.69) is 15.5 Å². The van der Waals surface area contributed by atoms with Gasteiger partial charge in [0.1, 0.15) is 0 Å². The Kier molecular flexibility index (Phi) is 7.09. The first-order chi connectivity index (χ1) is 16.3. The van der Waals surface area contributed by atoms with Crippen molar-refractivity contribution >= 4 is 39.9 Å². The van der Waals surface area contributed by atoms with Gasteiger partial charge in [-0.3, -0.25) is 14.9 Å². The maximum atomic E-state index is 12.7. The summed E-state index contributed by atoms with van der Waals surface area (Å²) in [4.78, 5) is 25.0. The van der Waals surface area contributed by atoms with Gasteiger partial charge in [-0.1, -0.05) is 77.7 Å². The number of alkyl halides is 3. The second-order valence-electron chi connectivity index (χ2n) is 7.08. The third-order valence-corrected chi connectivity index (χ3v) is 6.76. The van der Waals surface area contributed by atoms with Gasteiger partial charge in [-0.25, -0.2) is 0 Å². The largest absolute Gasteiger partial charge is 0.416 e. The van der Waals surface area contributed by atoms with Gasteiger partial charge in [0.05, 0.1) is 5.56 Å². The van der Waals surface area contributed by atoms with Crippen LogP contribution in [0.4, 0.5) is 18.3 Å². The Morgan fingerprint density at radius 2 is 1.44 bits per heavy atom. The van der Waals surface area contributed by atoms with Crippen molar-refractivity contribution in [2.75, 3.05) is 5.32 Å². The van der Waals surface area contributed by atoms with E-state index < -0.39 is 17.6 Å². The molecule has 3 aromatic carbocycles. The summed E-state index contributed by atoms with van der Waals surface area (Å²) in [5.74, 6) is -0.113. The Morgan fingerprint density at radius 3 is 2.09 bits per heavy atom. The lowest BCUT2D eigenvalue weighted by Gasteiger charge is -2.06. The zero-order valence-corrected chi connectivity index (χ0v) is 19.0. The summed E-state index contributed by atoms with van der Waals surface area (Å²) in [6.45, 7) is 0. The number of nitrogens with one attached hydrogen (secondary N) is 1. The third-order valence-electron chi connectivity index (χ3n) is 4.72. The monoisotopic (exact) mass is 499 g/mol. The van der Waals surface area contributed by atoms with Crippen LogP contribution >= 0.6 is 23.1 Å². The van der Waals surface area contributed by atoms with Crippen molar-refractivity contribution in [1.82, 2.24) is 10.2 Å². The van der Waals surface area contributed by atoms with Crippen molar-refractivity contribution in [3.8, 4) is 0 Å². The molecule has 5 nitrogen and oxygen atoms in total. The first-order valence-electron chi connectivity index (χ1n) is 9.93. The number of thioether (sulfide) groups is 1. The van der Waals surface area contributed by atoms with Gasteiger partial charge >= 0.3 is 6.18 Å². The second kappa shape index (κ2) is 10.2. The van der Waals surface area contributed by atoms with Crippen molar-refractivity contribution < 1.29 is 22.8 Å². The van der Waals surface area contributed by atoms with Crippen molar-refractivity contribution in [1.29, 1.82) is 0 Å². The van der Waals surface area contributed by atoms with E-state index in [0.717, 1.165) is 23.5 Å². The molecule has 34 heavy (non-hydrogen) atoms. The molecule has 1 N–H and O–H groups in total. The summed E-state index contributed by atoms with van der Waals surface area (Å²) < 4.78 is 38.5. The minimum atomic E-state index is -4.37. The van der Waals surface area contributed by atoms with E-state index in [1.165, 1.54) is 23.9 Å². The number of ketones is 1. The number of aromatic nitrogens is 2. The number of benzene rings is 3. The van der Waals surface area contributed by atoms with E-state index in [0.29, 0.717) is 37.5 Å². The highest BCUT2D eigenvalue weighted by atomic mass is 32.2. The summed E-state index contributed by atoms with van der Waals surface area (Å²) >= 11 is 2.47. The number of hydrogen-bond acceptors (Lipinski definition) is 6. The standard InChI is InChI=1S/C24H16F3N3O2S2/c25-24(26,27)19-12-6-15(7-13-19)14-33-23-30-29-22(34-23)28-21(32)18-10-8-17(9-11-18)20(31)16-4-2-1-3-5-16/h1-13H,14H2,(H,28,29,32). The molecule has 0 aliphatic heterocycles. The highest BCUT2D eigenvalue weighted by Crippen LogP contribution is 2.31. The van der Waals surface area contributed by atoms with E-state index in [4.69, 9.17) is 0 Å². The molecule has 4 aromatic rings. The Bertz CT molecular complexity index is 1290. The smallest absolute Gasteiger partial charge is 0.296 e. The molecule has 0 fully saturated rings. The Hall–Kier alpha value is -3.50. The number of carbonyl (C=O) groups is 2. The van der Waals surface area contributed by atoms with Crippen molar-refractivity contribution in [3.63, 3.8) is 0 Å². The molecule has 172 valence electrons. The Labute approximate surface area is 201 Å². The number of nitrogens with zero attached hydrogens (tertiary/aromatic N) is 2. The van der Waals surface area contributed by atoms with Crippen LogP contribution in [0, 0.1) is 0 Å². The third kappa shape index (κ3) is 5.89. The van der Waals surface area contributed by atoms with Crippen LogP contribution in [0.5, 0.6) is 0 Å². The first-order valence-corrected chi connectivity index (χ1v) is 11.7. The zero-order chi connectivity index (χ0) is 24.1. The molecule has 1 heterocycles. The van der Waals surface area contributed by atoms with Crippen LogP contribution in [-0.2, 0) is 11.9 Å². The van der Waals surface area contributed by atoms with Gasteiger partial charge in [-0.2, -0.15) is 13.2 Å². The summed E-state index contributed by atoms with van der Waals surface area (Å²) in [6.07, 6.45) is -4.37. The van der Waals surface area contributed by atoms with E-state index >= 15 is 0 Å². The molecule has 1 aromatic heterocycles. The molecule has 0 saturated carbocycles. The predicted molar refractivity (Wildman–Crippen MR) is 125 cm³/mol. The van der Waals surface area contributed by atoms with Crippen molar-refractivity contribution in [2.24, 2.45) is 0 Å². The molecule has 0 spiro atoms. The van der Waals surface area contributed by atoms with Crippen LogP contribution in [0.3, 0.4) is 0 Å². The fourth-order valence-electron chi connectivity index (χ4n) is 2.95. The van der Waals surface area contributed by atoms with E-state index in [1.807, 2.05) is 6.07 Å². The average molecular weight is 500 g/mol. The first kappa shape index (κ1) is 23.7. The van der Waals surface area contributed by atoms with Crippen LogP contribution < -0.4 is 5.32 Å². The van der Waals surface area contributed by atoms with Crippen LogP contribution in [-0.4, -0.2) is 21.9 Å². The second-order valence-corrected chi connectivity index (χ2v) is 9.28. The average Bonchev–Trinajstić information content (AvgIpc) is 3.30. The molecule has 0 radical (unpaired) electrons. The number of hydrogen-bond donors (Lipinski definition) is 1. The maximum absolute atomic E-state index is 12.7. The molecule has 0 aliphatic rings. The Morgan fingerprint density at radius 1 is 0.824 bits per heavy atom. The minimum Gasteiger partial charge on any atom is -0.296 e. The van der Waals surface area contributed by atoms with Crippen molar-refractivity contribution in [3.05, 3.63) is 107 Å². The number of halogens is 3. The van der Waals surface area contributed by atoms with E-state index in [-0.39, 0.29) is 5.78 Å². The predicted octanol–water partition coefficient (Wildman–Crippen LogP) is 6.33. The molecule has 0 aliphatic carbocycles. The quantitative estimate of drug-likeness (QED) is 0.183. The topological polar surface area (TPSA) is 72.0 Å². The molecule has 0 unspecified atom stereocenters. The molecule has 4 rings (SSSR count). The fraction of sp³-hybridized carbons (Fsp3) is 0.0833. The van der Waals surface area contributed by atoms with E-state index in [9.17, 15) is 22.8 Å². The summed E-state index contributed by atoms with van der Waals surface area (Å²) in [6, 6.07) is 20.1. The summed E-state index contributed by atoms with van der Waals surface area (Å²) in [5.41, 5.74) is 1.41. The molecule has 0 saturated heterocycles. The van der Waals surface area contributed by atoms with Gasteiger partial charge in [-0.05, 0) is 29.8 Å². The van der Waals surface area contributed by atoms with E-state index in [1.54, 1.807) is 48.5 Å². The summed E-state index contributed by atoms with van der Waals surface area (Å²) in [5, 5.41) is 10.9. The van der Waals surface area contributed by atoms with Gasteiger partial charge < -0.3 is 0 Å². The van der Waals surface area contributed by atoms with Gasteiger partial charge in [0.2, 0.25) is 5.13 Å². The molecule has 1 amide bonds. The molecule has 0 atom stereocenters. The van der Waals surface area contributed by atoms with Gasteiger partial charge in [-0.15, -0.1) is 10.2 Å². The number of rotatable bonds is 7. The van der Waals surface area contributed by atoms with Crippen LogP contribution in [0.1, 0.15) is 37.4 Å². The highest BCUT2D eigenvalue weighted by molar-refractivity contribution is 8.00. The number of anilines is 1. The number of carbonyl (C=O) groups excluding carboxylic acids is 2. The van der Waals surface area contributed by atoms with Gasteiger partial charge in [0.15, 0.2) is 10.1 Å². The number of amides is 1. The molecule has 0 bridgehead atoms. The van der Waals surface area contributed by atoms with Gasteiger partial charge in [0, 0.05) is 22.4 Å². The lowest BCUT2D eigenvalue weighted by atomic mass is 10.0. The highest BCUT2D eigenvalue weighted by Gasteiger charge is 2.29. The lowest BCUT2D eigenvalue weighted by molar-refractivity contribution is -0.137. The maximum Gasteiger partial charge on any atom is 0.416 e. The molecular formula is C24H16F3N3O2S2. The SMILES string of the molecule is O=C(Nc1nnc(SCc2ccc(C(F)(F)F)cc2)s1)c1ccc(C(=O)c2ccccc2)cc1. The van der Waals surface area contributed by atoms with Gasteiger partial charge in [0.25, 0.3) is 5.91 Å². The molecule has 10 heteroatoms. The van der Waals surface area contributed by atoms with Crippen LogP contribution in [0.15, 0.2) is 83.2 Å². The lowest BCUT2D eigenvalue weighted by Crippen LogP contribution is -2.12. The van der Waals surface area contributed by atoms with Crippen molar-refractivity contribution in [2.45, 2.75) is 16.3 Å². The van der Waals surface area contributed by atoms with Crippen LogP contribution in [0.25, 0.3) is 0 Å². The Balaban J connectivity index is 1.33. The molecular weight excluding hydrogens is 483 g/mol. The zero-order valence-electron chi connectivity index (χ0n) is 17.4. The summed E-state index contributed by atoms with van der Waals surface area (Å²) in [7, 11) is 0. The minimum absolute atomic E-state index is 0.133. The normalized spacial score (nSPS) is 11.3.